The monoisotopic (exact) mass is 186 g/mol. The van der Waals surface area contributed by atoms with Crippen LogP contribution < -0.4 is 5.56 Å². The third-order valence-corrected chi connectivity index (χ3v) is 2.01. The molecule has 0 saturated carbocycles. The molecule has 0 bridgehead atoms. The second-order valence-electron chi connectivity index (χ2n) is 2.49. The van der Waals surface area contributed by atoms with Gasteiger partial charge in [0.25, 0.3) is 5.56 Å². The number of halogens is 1. The topological polar surface area (TPSA) is 45.8 Å². The smallest absolute Gasteiger partial charge is 0.269 e. The van der Waals surface area contributed by atoms with Crippen LogP contribution in [0, 0.1) is 0 Å². The van der Waals surface area contributed by atoms with E-state index in [1.807, 2.05) is 13.8 Å². The van der Waals surface area contributed by atoms with Crippen molar-refractivity contribution >= 4 is 11.6 Å². The summed E-state index contributed by atoms with van der Waals surface area (Å²) in [6, 6.07) is 0. The van der Waals surface area contributed by atoms with Gasteiger partial charge in [0.15, 0.2) is 0 Å². The lowest BCUT2D eigenvalue weighted by Gasteiger charge is -2.01. The summed E-state index contributed by atoms with van der Waals surface area (Å²) >= 11 is 5.80. The van der Waals surface area contributed by atoms with Gasteiger partial charge in [0.05, 0.1) is 5.69 Å². The number of nitrogens with one attached hydrogen (secondary N) is 1. The summed E-state index contributed by atoms with van der Waals surface area (Å²) in [5.74, 6) is 0. The van der Waals surface area contributed by atoms with Crippen molar-refractivity contribution in [3.05, 3.63) is 26.9 Å². The third kappa shape index (κ3) is 1.67. The highest BCUT2D eigenvalue weighted by Gasteiger charge is 2.04. The van der Waals surface area contributed by atoms with Crippen molar-refractivity contribution in [3.8, 4) is 0 Å². The van der Waals surface area contributed by atoms with Gasteiger partial charge in [0, 0.05) is 0 Å². The molecule has 12 heavy (non-hydrogen) atoms. The van der Waals surface area contributed by atoms with Gasteiger partial charge >= 0.3 is 0 Å². The van der Waals surface area contributed by atoms with E-state index < -0.39 is 0 Å². The van der Waals surface area contributed by atoms with E-state index in [-0.39, 0.29) is 5.56 Å². The van der Waals surface area contributed by atoms with E-state index in [1.165, 1.54) is 0 Å². The quantitative estimate of drug-likeness (QED) is 0.762. The minimum atomic E-state index is -0.126. The lowest BCUT2D eigenvalue weighted by Crippen LogP contribution is -2.16. The van der Waals surface area contributed by atoms with Crippen molar-refractivity contribution in [2.45, 2.75) is 26.7 Å². The molecule has 0 saturated heterocycles. The predicted molar refractivity (Wildman–Crippen MR) is 48.6 cm³/mol. The Bertz CT molecular complexity index is 332. The first-order valence-corrected chi connectivity index (χ1v) is 4.34. The van der Waals surface area contributed by atoms with Crippen LogP contribution in [0.15, 0.2) is 4.79 Å². The number of aryl methyl sites for hydroxylation is 2. The first-order chi connectivity index (χ1) is 5.69. The third-order valence-electron chi connectivity index (χ3n) is 1.70. The molecule has 1 N–H and O–H groups in total. The van der Waals surface area contributed by atoms with E-state index in [2.05, 4.69) is 9.97 Å². The summed E-state index contributed by atoms with van der Waals surface area (Å²) in [7, 11) is 0. The maximum absolute atomic E-state index is 11.2. The number of aromatic nitrogens is 2. The molecular weight excluding hydrogens is 176 g/mol. The molecule has 0 fully saturated rings. The second kappa shape index (κ2) is 3.72. The van der Waals surface area contributed by atoms with Gasteiger partial charge in [-0.3, -0.25) is 4.79 Å². The molecule has 1 aromatic heterocycles. The minimum Gasteiger partial charge on any atom is -0.322 e. The Hall–Kier alpha value is -0.830. The normalized spacial score (nSPS) is 10.2. The van der Waals surface area contributed by atoms with E-state index in [0.29, 0.717) is 29.4 Å². The van der Waals surface area contributed by atoms with Gasteiger partial charge in [-0.15, -0.1) is 0 Å². The van der Waals surface area contributed by atoms with Gasteiger partial charge in [-0.2, -0.15) is 0 Å². The largest absolute Gasteiger partial charge is 0.322 e. The van der Waals surface area contributed by atoms with Crippen LogP contribution in [-0.4, -0.2) is 9.97 Å². The van der Waals surface area contributed by atoms with Crippen molar-refractivity contribution < 1.29 is 0 Å². The number of aromatic amines is 1. The van der Waals surface area contributed by atoms with Gasteiger partial charge in [0.2, 0.25) is 0 Å². The summed E-state index contributed by atoms with van der Waals surface area (Å²) < 4.78 is 0. The molecule has 0 amide bonds. The standard InChI is InChI=1S/C8H11ClN2O/c1-3-5-7(9)10-6(4-2)8(12)11-5/h3-4H2,1-2H3,(H,11,12). The number of nitrogens with zero attached hydrogens (tertiary/aromatic N) is 1. The maximum Gasteiger partial charge on any atom is 0.269 e. The van der Waals surface area contributed by atoms with Crippen molar-refractivity contribution in [3.63, 3.8) is 0 Å². The first-order valence-electron chi connectivity index (χ1n) is 3.96. The summed E-state index contributed by atoms with van der Waals surface area (Å²) in [6.45, 7) is 3.80. The van der Waals surface area contributed by atoms with Gasteiger partial charge in [0.1, 0.15) is 10.8 Å². The Morgan fingerprint density at radius 1 is 1.42 bits per heavy atom. The highest BCUT2D eigenvalue weighted by molar-refractivity contribution is 6.30. The van der Waals surface area contributed by atoms with Gasteiger partial charge in [-0.05, 0) is 12.8 Å². The Labute approximate surface area is 75.8 Å². The van der Waals surface area contributed by atoms with E-state index in [9.17, 15) is 4.79 Å². The van der Waals surface area contributed by atoms with Crippen LogP contribution in [0.3, 0.4) is 0 Å². The Kier molecular flexibility index (Phi) is 2.87. The molecule has 1 rings (SSSR count). The van der Waals surface area contributed by atoms with Crippen molar-refractivity contribution in [1.82, 2.24) is 9.97 Å². The predicted octanol–water partition coefficient (Wildman–Crippen LogP) is 1.55. The van der Waals surface area contributed by atoms with Gasteiger partial charge in [-0.1, -0.05) is 25.4 Å². The molecular formula is C8H11ClN2O. The average molecular weight is 187 g/mol. The summed E-state index contributed by atoms with van der Waals surface area (Å²) in [5.41, 5.74) is 1.08. The summed E-state index contributed by atoms with van der Waals surface area (Å²) in [6.07, 6.45) is 1.31. The van der Waals surface area contributed by atoms with E-state index in [0.717, 1.165) is 0 Å². The highest BCUT2D eigenvalue weighted by atomic mass is 35.5. The number of hydrogen-bond acceptors (Lipinski definition) is 2. The SMILES string of the molecule is CCc1[nH]c(=O)c(CC)nc1Cl. The molecule has 0 aliphatic heterocycles. The molecule has 1 heterocycles. The molecule has 0 aliphatic carbocycles. The molecule has 0 unspecified atom stereocenters. The first kappa shape index (κ1) is 9.26. The molecule has 0 atom stereocenters. The van der Waals surface area contributed by atoms with Crippen LogP contribution in [0.1, 0.15) is 25.2 Å². The fraction of sp³-hybridized carbons (Fsp3) is 0.500. The van der Waals surface area contributed by atoms with Crippen molar-refractivity contribution in [2.75, 3.05) is 0 Å². The van der Waals surface area contributed by atoms with Crippen molar-refractivity contribution in [1.29, 1.82) is 0 Å². The zero-order valence-corrected chi connectivity index (χ0v) is 7.90. The summed E-state index contributed by atoms with van der Waals surface area (Å²) in [4.78, 5) is 17.9. The van der Waals surface area contributed by atoms with E-state index in [1.54, 1.807) is 0 Å². The number of H-pyrrole nitrogens is 1. The zero-order chi connectivity index (χ0) is 9.14. The number of hydrogen-bond donors (Lipinski definition) is 1. The molecule has 0 radical (unpaired) electrons. The Morgan fingerprint density at radius 3 is 2.58 bits per heavy atom. The molecule has 3 nitrogen and oxygen atoms in total. The van der Waals surface area contributed by atoms with Gasteiger partial charge < -0.3 is 4.98 Å². The molecule has 4 heteroatoms. The fourth-order valence-corrected chi connectivity index (χ4v) is 1.25. The average Bonchev–Trinajstić information content (AvgIpc) is 2.08. The zero-order valence-electron chi connectivity index (χ0n) is 7.15. The fourth-order valence-electron chi connectivity index (χ4n) is 0.971. The van der Waals surface area contributed by atoms with Crippen LogP contribution in [0.5, 0.6) is 0 Å². The van der Waals surface area contributed by atoms with Crippen LogP contribution in [0.4, 0.5) is 0 Å². The lowest BCUT2D eigenvalue weighted by atomic mass is 10.3. The molecule has 1 aromatic rings. The van der Waals surface area contributed by atoms with Gasteiger partial charge in [-0.25, -0.2) is 4.98 Å². The Balaban J connectivity index is 3.26. The maximum atomic E-state index is 11.2. The molecule has 0 aliphatic rings. The van der Waals surface area contributed by atoms with Crippen molar-refractivity contribution in [2.24, 2.45) is 0 Å². The summed E-state index contributed by atoms with van der Waals surface area (Å²) in [5, 5.41) is 0.411. The minimum absolute atomic E-state index is 0.126. The van der Waals surface area contributed by atoms with Crippen LogP contribution in [-0.2, 0) is 12.8 Å². The number of rotatable bonds is 2. The second-order valence-corrected chi connectivity index (χ2v) is 2.85. The molecule has 0 aromatic carbocycles. The van der Waals surface area contributed by atoms with E-state index in [4.69, 9.17) is 11.6 Å². The highest BCUT2D eigenvalue weighted by Crippen LogP contribution is 2.08. The van der Waals surface area contributed by atoms with Crippen LogP contribution in [0.2, 0.25) is 5.15 Å². The molecule has 0 spiro atoms. The van der Waals surface area contributed by atoms with E-state index >= 15 is 0 Å². The molecule has 66 valence electrons. The van der Waals surface area contributed by atoms with Crippen LogP contribution >= 0.6 is 11.6 Å². The Morgan fingerprint density at radius 2 is 2.08 bits per heavy atom. The lowest BCUT2D eigenvalue weighted by molar-refractivity contribution is 0.905. The van der Waals surface area contributed by atoms with Crippen LogP contribution in [0.25, 0.3) is 0 Å².